The summed E-state index contributed by atoms with van der Waals surface area (Å²) < 4.78 is 0. The van der Waals surface area contributed by atoms with Crippen LogP contribution in [0.3, 0.4) is 0 Å². The van der Waals surface area contributed by atoms with Crippen LogP contribution >= 0.6 is 0 Å². The number of carbonyl (C=O) groups is 1. The van der Waals surface area contributed by atoms with E-state index in [4.69, 9.17) is 0 Å². The Balaban J connectivity index is 2.10. The molecule has 0 heterocycles. The third-order valence-electron chi connectivity index (χ3n) is 3.95. The van der Waals surface area contributed by atoms with Gasteiger partial charge < -0.3 is 0 Å². The van der Waals surface area contributed by atoms with Crippen molar-refractivity contribution in [2.45, 2.75) is 39.0 Å². The number of Topliss-reactive ketones (excluding diaryl/α,β-unsaturated/α-hetero) is 1. The van der Waals surface area contributed by atoms with E-state index in [1.807, 2.05) is 25.1 Å². The summed E-state index contributed by atoms with van der Waals surface area (Å²) in [6, 6.07) is 10.1. The van der Waals surface area contributed by atoms with Crippen molar-refractivity contribution in [2.24, 2.45) is 11.8 Å². The molecule has 1 heteroatoms. The van der Waals surface area contributed by atoms with Gasteiger partial charge in [0.1, 0.15) is 5.78 Å². The Morgan fingerprint density at radius 2 is 1.94 bits per heavy atom. The van der Waals surface area contributed by atoms with Gasteiger partial charge in [0.15, 0.2) is 0 Å². The molecule has 1 aromatic rings. The van der Waals surface area contributed by atoms with Crippen LogP contribution in [0.15, 0.2) is 30.3 Å². The fourth-order valence-electron chi connectivity index (χ4n) is 2.80. The van der Waals surface area contributed by atoms with Crippen molar-refractivity contribution in [3.63, 3.8) is 0 Å². The summed E-state index contributed by atoms with van der Waals surface area (Å²) in [7, 11) is 0. The highest BCUT2D eigenvalue weighted by molar-refractivity contribution is 5.87. The molecule has 0 bridgehead atoms. The summed E-state index contributed by atoms with van der Waals surface area (Å²) >= 11 is 0. The zero-order valence-electron chi connectivity index (χ0n) is 10.1. The van der Waals surface area contributed by atoms with E-state index in [-0.39, 0.29) is 5.92 Å². The second-order valence-corrected chi connectivity index (χ2v) is 5.05. The maximum atomic E-state index is 12.4. The predicted octanol–water partition coefficient (Wildman–Crippen LogP) is 3.80. The molecule has 2 rings (SSSR count). The molecule has 0 aromatic heterocycles. The normalized spacial score (nSPS) is 26.6. The lowest BCUT2D eigenvalue weighted by molar-refractivity contribution is -0.124. The number of hydrogen-bond donors (Lipinski definition) is 0. The Labute approximate surface area is 97.9 Å². The summed E-state index contributed by atoms with van der Waals surface area (Å²) in [5, 5.41) is 0. The van der Waals surface area contributed by atoms with E-state index in [0.29, 0.717) is 17.6 Å². The van der Waals surface area contributed by atoms with Crippen molar-refractivity contribution < 1.29 is 4.79 Å². The molecular weight excluding hydrogens is 196 g/mol. The summed E-state index contributed by atoms with van der Waals surface area (Å²) in [6.45, 7) is 4.26. The van der Waals surface area contributed by atoms with Gasteiger partial charge in [-0.1, -0.05) is 50.6 Å². The van der Waals surface area contributed by atoms with Crippen LogP contribution in [0.2, 0.25) is 0 Å². The summed E-state index contributed by atoms with van der Waals surface area (Å²) in [4.78, 5) is 12.4. The molecule has 0 radical (unpaired) electrons. The van der Waals surface area contributed by atoms with Crippen LogP contribution in [0.4, 0.5) is 0 Å². The standard InChI is InChI=1S/C15H20O/c1-11-7-6-10-14(11)15(16)12(2)13-8-4-3-5-9-13/h3-5,8-9,11-12,14H,6-7,10H2,1-2H3/t11-,12-,14?/m1/s1. The molecule has 1 aliphatic carbocycles. The Morgan fingerprint density at radius 3 is 2.50 bits per heavy atom. The van der Waals surface area contributed by atoms with Crippen molar-refractivity contribution in [1.82, 2.24) is 0 Å². The molecule has 0 saturated heterocycles. The van der Waals surface area contributed by atoms with E-state index in [0.717, 1.165) is 12.0 Å². The lowest BCUT2D eigenvalue weighted by Gasteiger charge is -2.19. The quantitative estimate of drug-likeness (QED) is 0.751. The van der Waals surface area contributed by atoms with E-state index in [9.17, 15) is 4.79 Å². The van der Waals surface area contributed by atoms with Crippen LogP contribution in [0, 0.1) is 11.8 Å². The molecule has 0 N–H and O–H groups in total. The smallest absolute Gasteiger partial charge is 0.143 e. The van der Waals surface area contributed by atoms with Gasteiger partial charge in [-0.25, -0.2) is 0 Å². The molecular formula is C15H20O. The predicted molar refractivity (Wildman–Crippen MR) is 66.4 cm³/mol. The highest BCUT2D eigenvalue weighted by Gasteiger charge is 2.32. The van der Waals surface area contributed by atoms with Crippen LogP contribution in [0.5, 0.6) is 0 Å². The van der Waals surface area contributed by atoms with Crippen LogP contribution in [-0.2, 0) is 4.79 Å². The third-order valence-corrected chi connectivity index (χ3v) is 3.95. The number of benzene rings is 1. The SMILES string of the molecule is C[C@@H]1CCCC1C(=O)[C@H](C)c1ccccc1. The van der Waals surface area contributed by atoms with Crippen molar-refractivity contribution in [3.05, 3.63) is 35.9 Å². The Morgan fingerprint density at radius 1 is 1.25 bits per heavy atom. The van der Waals surface area contributed by atoms with Gasteiger partial charge in [0.25, 0.3) is 0 Å². The fourth-order valence-corrected chi connectivity index (χ4v) is 2.80. The lowest BCUT2D eigenvalue weighted by atomic mass is 9.84. The highest BCUT2D eigenvalue weighted by atomic mass is 16.1. The molecule has 0 spiro atoms. The molecule has 1 aromatic carbocycles. The van der Waals surface area contributed by atoms with Gasteiger partial charge in [-0.15, -0.1) is 0 Å². The maximum Gasteiger partial charge on any atom is 0.143 e. The van der Waals surface area contributed by atoms with Crippen LogP contribution in [0.25, 0.3) is 0 Å². The van der Waals surface area contributed by atoms with E-state index in [1.54, 1.807) is 0 Å². The molecule has 1 aliphatic rings. The van der Waals surface area contributed by atoms with E-state index >= 15 is 0 Å². The second-order valence-electron chi connectivity index (χ2n) is 5.05. The molecule has 0 aliphatic heterocycles. The Bertz CT molecular complexity index is 355. The fraction of sp³-hybridized carbons (Fsp3) is 0.533. The van der Waals surface area contributed by atoms with Crippen molar-refractivity contribution in [2.75, 3.05) is 0 Å². The van der Waals surface area contributed by atoms with E-state index in [1.165, 1.54) is 12.8 Å². The molecule has 1 nitrogen and oxygen atoms in total. The van der Waals surface area contributed by atoms with Gasteiger partial charge in [0.05, 0.1) is 0 Å². The monoisotopic (exact) mass is 216 g/mol. The van der Waals surface area contributed by atoms with Crippen molar-refractivity contribution >= 4 is 5.78 Å². The second kappa shape index (κ2) is 4.82. The average Bonchev–Trinajstić information content (AvgIpc) is 2.75. The minimum atomic E-state index is 0.0618. The first-order chi connectivity index (χ1) is 7.70. The van der Waals surface area contributed by atoms with Gasteiger partial charge in [-0.2, -0.15) is 0 Å². The highest BCUT2D eigenvalue weighted by Crippen LogP contribution is 2.35. The van der Waals surface area contributed by atoms with Crippen LogP contribution in [-0.4, -0.2) is 5.78 Å². The van der Waals surface area contributed by atoms with Gasteiger partial charge in [0.2, 0.25) is 0 Å². The number of rotatable bonds is 3. The zero-order chi connectivity index (χ0) is 11.5. The summed E-state index contributed by atoms with van der Waals surface area (Å²) in [6.07, 6.45) is 3.54. The molecule has 3 atom stereocenters. The molecule has 0 amide bonds. The van der Waals surface area contributed by atoms with Crippen LogP contribution in [0.1, 0.15) is 44.6 Å². The van der Waals surface area contributed by atoms with Gasteiger partial charge in [-0.05, 0) is 24.3 Å². The largest absolute Gasteiger partial charge is 0.299 e. The molecule has 16 heavy (non-hydrogen) atoms. The van der Waals surface area contributed by atoms with Crippen LogP contribution < -0.4 is 0 Å². The first-order valence-electron chi connectivity index (χ1n) is 6.29. The number of hydrogen-bond acceptors (Lipinski definition) is 1. The first kappa shape index (κ1) is 11.4. The van der Waals surface area contributed by atoms with Crippen molar-refractivity contribution in [3.8, 4) is 0 Å². The van der Waals surface area contributed by atoms with Crippen molar-refractivity contribution in [1.29, 1.82) is 0 Å². The Hall–Kier alpha value is -1.11. The summed E-state index contributed by atoms with van der Waals surface area (Å²) in [5.74, 6) is 1.39. The lowest BCUT2D eigenvalue weighted by Crippen LogP contribution is -2.22. The Kier molecular flexibility index (Phi) is 3.42. The summed E-state index contributed by atoms with van der Waals surface area (Å²) in [5.41, 5.74) is 1.16. The average molecular weight is 216 g/mol. The van der Waals surface area contributed by atoms with Gasteiger partial charge >= 0.3 is 0 Å². The third kappa shape index (κ3) is 2.18. The van der Waals surface area contributed by atoms with E-state index < -0.39 is 0 Å². The first-order valence-corrected chi connectivity index (χ1v) is 6.29. The number of carbonyl (C=O) groups excluding carboxylic acids is 1. The van der Waals surface area contributed by atoms with Gasteiger partial charge in [-0.3, -0.25) is 4.79 Å². The molecule has 1 saturated carbocycles. The topological polar surface area (TPSA) is 17.1 Å². The molecule has 86 valence electrons. The molecule has 1 unspecified atom stereocenters. The van der Waals surface area contributed by atoms with E-state index in [2.05, 4.69) is 19.1 Å². The molecule has 1 fully saturated rings. The number of ketones is 1. The zero-order valence-corrected chi connectivity index (χ0v) is 10.1. The minimum Gasteiger partial charge on any atom is -0.299 e. The minimum absolute atomic E-state index is 0.0618. The maximum absolute atomic E-state index is 12.4. The van der Waals surface area contributed by atoms with Gasteiger partial charge in [0, 0.05) is 11.8 Å².